The normalized spacial score (nSPS) is 11.4. The van der Waals surface area contributed by atoms with Crippen LogP contribution in [0.25, 0.3) is 0 Å². The van der Waals surface area contributed by atoms with E-state index in [0.29, 0.717) is 30.1 Å². The first-order valence-corrected chi connectivity index (χ1v) is 11.0. The SMILES string of the molecule is COC(=O)c1c[nH]c(=O)c([C@@H](CC(N)=O)c2ccc(OCCc3ccc(OC)cc3)c(OC)c2)c1O. The van der Waals surface area contributed by atoms with Gasteiger partial charge < -0.3 is 34.8 Å². The molecule has 1 atom stereocenters. The number of nitrogens with two attached hydrogens (primary N) is 1. The molecule has 4 N–H and O–H groups in total. The van der Waals surface area contributed by atoms with Crippen LogP contribution in [0.3, 0.4) is 0 Å². The van der Waals surface area contributed by atoms with Crippen molar-refractivity contribution in [1.82, 2.24) is 4.98 Å². The molecule has 0 saturated heterocycles. The van der Waals surface area contributed by atoms with Gasteiger partial charge in [-0.05, 0) is 35.4 Å². The van der Waals surface area contributed by atoms with Crippen LogP contribution in [-0.4, -0.2) is 49.9 Å². The first kappa shape index (κ1) is 26.1. The zero-order chi connectivity index (χ0) is 26.2. The molecule has 3 aromatic rings. The van der Waals surface area contributed by atoms with Crippen LogP contribution >= 0.6 is 0 Å². The van der Waals surface area contributed by atoms with Crippen molar-refractivity contribution < 1.29 is 33.6 Å². The van der Waals surface area contributed by atoms with Crippen molar-refractivity contribution in [2.45, 2.75) is 18.8 Å². The Morgan fingerprint density at radius 2 is 1.75 bits per heavy atom. The first-order valence-electron chi connectivity index (χ1n) is 11.0. The lowest BCUT2D eigenvalue weighted by molar-refractivity contribution is -0.118. The fourth-order valence-electron chi connectivity index (χ4n) is 3.80. The Labute approximate surface area is 207 Å². The van der Waals surface area contributed by atoms with E-state index in [4.69, 9.17) is 19.9 Å². The predicted octanol–water partition coefficient (Wildman–Crippen LogP) is 2.51. The van der Waals surface area contributed by atoms with E-state index >= 15 is 0 Å². The fourth-order valence-corrected chi connectivity index (χ4v) is 3.80. The molecular weight excluding hydrogens is 468 g/mol. The number of aromatic amines is 1. The topological polar surface area (TPSA) is 150 Å². The van der Waals surface area contributed by atoms with Gasteiger partial charge >= 0.3 is 5.97 Å². The fraction of sp³-hybridized carbons (Fsp3) is 0.269. The van der Waals surface area contributed by atoms with Gasteiger partial charge in [-0.2, -0.15) is 0 Å². The Hall–Kier alpha value is -4.47. The maximum absolute atomic E-state index is 12.7. The van der Waals surface area contributed by atoms with Gasteiger partial charge in [-0.1, -0.05) is 18.2 Å². The number of pyridine rings is 1. The highest BCUT2D eigenvalue weighted by molar-refractivity contribution is 5.92. The molecule has 0 aliphatic carbocycles. The zero-order valence-corrected chi connectivity index (χ0v) is 20.2. The summed E-state index contributed by atoms with van der Waals surface area (Å²) in [5.74, 6) is -1.52. The lowest BCUT2D eigenvalue weighted by Gasteiger charge is -2.20. The Morgan fingerprint density at radius 1 is 1.03 bits per heavy atom. The number of nitrogens with one attached hydrogen (secondary N) is 1. The molecule has 0 aliphatic rings. The summed E-state index contributed by atoms with van der Waals surface area (Å²) >= 11 is 0. The molecule has 36 heavy (non-hydrogen) atoms. The summed E-state index contributed by atoms with van der Waals surface area (Å²) in [6.45, 7) is 0.369. The quantitative estimate of drug-likeness (QED) is 0.343. The number of carbonyl (C=O) groups is 2. The minimum atomic E-state index is -0.960. The smallest absolute Gasteiger partial charge is 0.343 e. The Balaban J connectivity index is 1.90. The van der Waals surface area contributed by atoms with Crippen molar-refractivity contribution >= 4 is 11.9 Å². The molecule has 1 amide bonds. The summed E-state index contributed by atoms with van der Waals surface area (Å²) < 4.78 is 21.2. The third-order valence-electron chi connectivity index (χ3n) is 5.66. The van der Waals surface area contributed by atoms with Crippen LogP contribution in [0.1, 0.15) is 39.4 Å². The molecule has 3 rings (SSSR count). The van der Waals surface area contributed by atoms with Gasteiger partial charge in [0, 0.05) is 25.0 Å². The molecule has 10 nitrogen and oxygen atoms in total. The Bertz CT molecular complexity index is 1280. The van der Waals surface area contributed by atoms with Crippen LogP contribution in [0.2, 0.25) is 0 Å². The lowest BCUT2D eigenvalue weighted by Crippen LogP contribution is -2.24. The summed E-state index contributed by atoms with van der Waals surface area (Å²) in [4.78, 5) is 38.9. The molecule has 1 aromatic heterocycles. The third-order valence-corrected chi connectivity index (χ3v) is 5.66. The van der Waals surface area contributed by atoms with Crippen LogP contribution < -0.4 is 25.5 Å². The summed E-state index contributed by atoms with van der Waals surface area (Å²) in [5, 5.41) is 10.7. The number of methoxy groups -OCH3 is 3. The number of primary amides is 1. The van der Waals surface area contributed by atoms with E-state index in [-0.39, 0.29) is 17.5 Å². The van der Waals surface area contributed by atoms with E-state index in [2.05, 4.69) is 9.72 Å². The van der Waals surface area contributed by atoms with E-state index < -0.39 is 29.1 Å². The van der Waals surface area contributed by atoms with Crippen LogP contribution in [0.4, 0.5) is 0 Å². The lowest BCUT2D eigenvalue weighted by atomic mass is 9.87. The predicted molar refractivity (Wildman–Crippen MR) is 131 cm³/mol. The van der Waals surface area contributed by atoms with Gasteiger partial charge in [-0.25, -0.2) is 4.79 Å². The number of carbonyl (C=O) groups excluding carboxylic acids is 2. The summed E-state index contributed by atoms with van der Waals surface area (Å²) in [5.41, 5.74) is 5.85. The maximum atomic E-state index is 12.7. The maximum Gasteiger partial charge on any atom is 0.343 e. The second-order valence-corrected chi connectivity index (χ2v) is 7.87. The number of aromatic nitrogens is 1. The molecule has 2 aromatic carbocycles. The molecule has 1 heterocycles. The number of amides is 1. The first-order chi connectivity index (χ1) is 17.3. The highest BCUT2D eigenvalue weighted by Gasteiger charge is 2.28. The zero-order valence-electron chi connectivity index (χ0n) is 20.2. The molecule has 0 fully saturated rings. The molecule has 0 bridgehead atoms. The average Bonchev–Trinajstić information content (AvgIpc) is 2.88. The summed E-state index contributed by atoms with van der Waals surface area (Å²) in [7, 11) is 4.21. The number of benzene rings is 2. The molecule has 0 aliphatic heterocycles. The second kappa shape index (κ2) is 11.8. The van der Waals surface area contributed by atoms with Crippen molar-refractivity contribution in [2.75, 3.05) is 27.9 Å². The number of hydrogen-bond donors (Lipinski definition) is 3. The van der Waals surface area contributed by atoms with Crippen molar-refractivity contribution in [3.63, 3.8) is 0 Å². The molecule has 0 unspecified atom stereocenters. The Kier molecular flexibility index (Phi) is 8.56. The van der Waals surface area contributed by atoms with Crippen molar-refractivity contribution in [3.8, 4) is 23.0 Å². The van der Waals surface area contributed by atoms with Gasteiger partial charge in [0.1, 0.15) is 17.1 Å². The minimum absolute atomic E-state index is 0.188. The van der Waals surface area contributed by atoms with Gasteiger partial charge in [-0.3, -0.25) is 9.59 Å². The number of hydrogen-bond acceptors (Lipinski definition) is 8. The van der Waals surface area contributed by atoms with Crippen molar-refractivity contribution in [3.05, 3.63) is 81.3 Å². The van der Waals surface area contributed by atoms with Crippen molar-refractivity contribution in [1.29, 1.82) is 0 Å². The highest BCUT2D eigenvalue weighted by Crippen LogP contribution is 2.37. The van der Waals surface area contributed by atoms with E-state index in [1.165, 1.54) is 7.11 Å². The number of ether oxygens (including phenoxy) is 4. The molecule has 0 spiro atoms. The van der Waals surface area contributed by atoms with Gasteiger partial charge in [-0.15, -0.1) is 0 Å². The standard InChI is InChI=1S/C26H28N2O8/c1-33-17-7-4-15(5-8-17)10-11-36-20-9-6-16(12-21(20)34-2)18(13-22(27)29)23-24(30)19(26(32)35-3)14-28-25(23)31/h4-9,12,14,18H,10-11,13H2,1-3H3,(H2,27,29)(H2,28,30,31)/t18-/m0/s1. The second-order valence-electron chi connectivity index (χ2n) is 7.87. The largest absolute Gasteiger partial charge is 0.506 e. The van der Waals surface area contributed by atoms with Crippen molar-refractivity contribution in [2.24, 2.45) is 5.73 Å². The third kappa shape index (κ3) is 5.96. The monoisotopic (exact) mass is 496 g/mol. The van der Waals surface area contributed by atoms with Gasteiger partial charge in [0.2, 0.25) is 5.91 Å². The van der Waals surface area contributed by atoms with Gasteiger partial charge in [0.05, 0.1) is 33.5 Å². The number of H-pyrrole nitrogens is 1. The molecular formula is C26H28N2O8. The average molecular weight is 497 g/mol. The summed E-state index contributed by atoms with van der Waals surface area (Å²) in [6, 6.07) is 12.5. The van der Waals surface area contributed by atoms with E-state index in [9.17, 15) is 19.5 Å². The van der Waals surface area contributed by atoms with E-state index in [0.717, 1.165) is 24.6 Å². The number of rotatable bonds is 11. The van der Waals surface area contributed by atoms with E-state index in [1.54, 1.807) is 25.3 Å². The number of aromatic hydroxyl groups is 1. The van der Waals surface area contributed by atoms with Crippen LogP contribution in [-0.2, 0) is 16.0 Å². The molecule has 0 radical (unpaired) electrons. The van der Waals surface area contributed by atoms with Gasteiger partial charge in [0.15, 0.2) is 11.5 Å². The Morgan fingerprint density at radius 3 is 2.36 bits per heavy atom. The van der Waals surface area contributed by atoms with Crippen LogP contribution in [0, 0.1) is 0 Å². The molecule has 190 valence electrons. The van der Waals surface area contributed by atoms with Gasteiger partial charge in [0.25, 0.3) is 5.56 Å². The van der Waals surface area contributed by atoms with Crippen LogP contribution in [0.15, 0.2) is 53.5 Å². The molecule has 0 saturated carbocycles. The summed E-state index contributed by atoms with van der Waals surface area (Å²) in [6.07, 6.45) is 1.39. The van der Waals surface area contributed by atoms with E-state index in [1.807, 2.05) is 24.3 Å². The molecule has 10 heteroatoms. The highest BCUT2D eigenvalue weighted by atomic mass is 16.5. The minimum Gasteiger partial charge on any atom is -0.506 e. The number of esters is 1. The van der Waals surface area contributed by atoms with Crippen LogP contribution in [0.5, 0.6) is 23.0 Å².